The van der Waals surface area contributed by atoms with E-state index >= 15 is 0 Å². The molecule has 3 heteroatoms. The fourth-order valence-electron chi connectivity index (χ4n) is 1.95. The van der Waals surface area contributed by atoms with Crippen molar-refractivity contribution in [2.45, 2.75) is 18.8 Å². The number of hydrogen-bond donors (Lipinski definition) is 0. The molecule has 1 fully saturated rings. The zero-order chi connectivity index (χ0) is 10.3. The van der Waals surface area contributed by atoms with Gasteiger partial charge in [-0.2, -0.15) is 0 Å². The monoisotopic (exact) mass is 260 g/mol. The van der Waals surface area contributed by atoms with Crippen LogP contribution in [0.25, 0.3) is 0 Å². The molecule has 1 aliphatic carbocycles. The van der Waals surface area contributed by atoms with Crippen LogP contribution in [0.3, 0.4) is 0 Å². The van der Waals surface area contributed by atoms with Crippen molar-refractivity contribution in [3.8, 4) is 0 Å². The van der Waals surface area contributed by atoms with Gasteiger partial charge in [-0.25, -0.2) is 8.78 Å². The number of alkyl halides is 1. The molecule has 0 heterocycles. The summed E-state index contributed by atoms with van der Waals surface area (Å²) in [5.41, 5.74) is 0.345. The van der Waals surface area contributed by atoms with Gasteiger partial charge in [0.05, 0.1) is 0 Å². The van der Waals surface area contributed by atoms with Crippen molar-refractivity contribution in [2.75, 3.05) is 5.33 Å². The number of halogens is 3. The van der Waals surface area contributed by atoms with Crippen LogP contribution in [0.1, 0.15) is 18.9 Å². The van der Waals surface area contributed by atoms with Crippen LogP contribution in [0.5, 0.6) is 0 Å². The molecule has 0 saturated heterocycles. The first-order chi connectivity index (χ1) is 6.59. The van der Waals surface area contributed by atoms with Crippen LogP contribution in [0.15, 0.2) is 18.2 Å². The maximum absolute atomic E-state index is 13.5. The standard InChI is InChI=1S/C11H11BrF2/c1-11(5-7(11)6-12)8-3-2-4-9(13)10(8)14/h2-4,7H,5-6H2,1H3. The van der Waals surface area contributed by atoms with E-state index in [0.29, 0.717) is 11.5 Å². The minimum absolute atomic E-state index is 0.171. The Morgan fingerprint density at radius 3 is 2.79 bits per heavy atom. The largest absolute Gasteiger partial charge is 0.204 e. The summed E-state index contributed by atoms with van der Waals surface area (Å²) in [5.74, 6) is -0.999. The lowest BCUT2D eigenvalue weighted by atomic mass is 9.95. The van der Waals surface area contributed by atoms with E-state index in [4.69, 9.17) is 0 Å². The van der Waals surface area contributed by atoms with Gasteiger partial charge in [0.1, 0.15) is 0 Å². The molecule has 0 nitrogen and oxygen atoms in total. The van der Waals surface area contributed by atoms with E-state index < -0.39 is 11.6 Å². The second kappa shape index (κ2) is 3.30. The summed E-state index contributed by atoms with van der Waals surface area (Å²) in [6.45, 7) is 1.98. The third kappa shape index (κ3) is 1.38. The van der Waals surface area contributed by atoms with Crippen molar-refractivity contribution in [3.05, 3.63) is 35.4 Å². The van der Waals surface area contributed by atoms with E-state index in [0.717, 1.165) is 17.8 Å². The minimum atomic E-state index is -0.746. The molecule has 1 aromatic carbocycles. The van der Waals surface area contributed by atoms with Gasteiger partial charge in [0.2, 0.25) is 0 Å². The Kier molecular flexibility index (Phi) is 2.38. The molecule has 1 aromatic rings. The first kappa shape index (κ1) is 10.1. The van der Waals surface area contributed by atoms with Gasteiger partial charge in [0.25, 0.3) is 0 Å². The molecular weight excluding hydrogens is 250 g/mol. The number of rotatable bonds is 2. The zero-order valence-electron chi connectivity index (χ0n) is 7.86. The predicted molar refractivity (Wildman–Crippen MR) is 55.6 cm³/mol. The van der Waals surface area contributed by atoms with Crippen molar-refractivity contribution in [2.24, 2.45) is 5.92 Å². The molecule has 1 saturated carbocycles. The Balaban J connectivity index is 2.39. The fourth-order valence-corrected chi connectivity index (χ4v) is 2.90. The molecule has 1 aliphatic rings. The van der Waals surface area contributed by atoms with Crippen LogP contribution in [0, 0.1) is 17.6 Å². The highest BCUT2D eigenvalue weighted by atomic mass is 79.9. The molecule has 14 heavy (non-hydrogen) atoms. The Labute approximate surface area is 90.4 Å². The molecule has 0 N–H and O–H groups in total. The summed E-state index contributed by atoms with van der Waals surface area (Å²) in [5, 5.41) is 0.847. The quantitative estimate of drug-likeness (QED) is 0.713. The lowest BCUT2D eigenvalue weighted by Crippen LogP contribution is -2.09. The molecule has 0 aliphatic heterocycles. The summed E-state index contributed by atoms with van der Waals surface area (Å²) >= 11 is 3.38. The van der Waals surface area contributed by atoms with E-state index in [1.54, 1.807) is 12.1 Å². The highest BCUT2D eigenvalue weighted by molar-refractivity contribution is 9.09. The van der Waals surface area contributed by atoms with Crippen LogP contribution in [0.4, 0.5) is 8.78 Å². The van der Waals surface area contributed by atoms with Crippen LogP contribution in [-0.2, 0) is 5.41 Å². The summed E-state index contributed by atoms with van der Waals surface area (Å²) in [6, 6.07) is 4.41. The Bertz CT molecular complexity index is 364. The van der Waals surface area contributed by atoms with Crippen LogP contribution < -0.4 is 0 Å². The van der Waals surface area contributed by atoms with E-state index in [-0.39, 0.29) is 5.41 Å². The van der Waals surface area contributed by atoms with Gasteiger partial charge >= 0.3 is 0 Å². The molecule has 2 rings (SSSR count). The molecule has 0 amide bonds. The summed E-state index contributed by atoms with van der Waals surface area (Å²) in [7, 11) is 0. The summed E-state index contributed by atoms with van der Waals surface area (Å²) in [6.07, 6.45) is 0.929. The van der Waals surface area contributed by atoms with Gasteiger partial charge < -0.3 is 0 Å². The third-order valence-electron chi connectivity index (χ3n) is 3.16. The highest BCUT2D eigenvalue weighted by Gasteiger charge is 2.51. The Morgan fingerprint density at radius 2 is 2.21 bits per heavy atom. The molecule has 0 spiro atoms. The van der Waals surface area contributed by atoms with Crippen LogP contribution in [0.2, 0.25) is 0 Å². The molecular formula is C11H11BrF2. The van der Waals surface area contributed by atoms with E-state index in [9.17, 15) is 8.78 Å². The summed E-state index contributed by atoms with van der Waals surface area (Å²) < 4.78 is 26.4. The highest BCUT2D eigenvalue weighted by Crippen LogP contribution is 2.55. The molecule has 2 atom stereocenters. The maximum Gasteiger partial charge on any atom is 0.162 e. The van der Waals surface area contributed by atoms with Gasteiger partial charge in [-0.3, -0.25) is 0 Å². The van der Waals surface area contributed by atoms with Crippen LogP contribution >= 0.6 is 15.9 Å². The first-order valence-corrected chi connectivity index (χ1v) is 5.72. The van der Waals surface area contributed by atoms with Crippen LogP contribution in [-0.4, -0.2) is 5.33 Å². The lowest BCUT2D eigenvalue weighted by molar-refractivity contribution is 0.485. The number of benzene rings is 1. The fraction of sp³-hybridized carbons (Fsp3) is 0.455. The van der Waals surface area contributed by atoms with Crippen molar-refractivity contribution in [1.82, 2.24) is 0 Å². The normalized spacial score (nSPS) is 30.4. The lowest BCUT2D eigenvalue weighted by Gasteiger charge is -2.12. The molecule has 0 aromatic heterocycles. The maximum atomic E-state index is 13.5. The average molecular weight is 261 g/mol. The molecule has 0 radical (unpaired) electrons. The summed E-state index contributed by atoms with van der Waals surface area (Å²) in [4.78, 5) is 0. The van der Waals surface area contributed by atoms with Gasteiger partial charge in [-0.05, 0) is 29.4 Å². The third-order valence-corrected chi connectivity index (χ3v) is 3.95. The smallest absolute Gasteiger partial charge is 0.162 e. The van der Waals surface area contributed by atoms with Gasteiger partial charge in [-0.15, -0.1) is 0 Å². The van der Waals surface area contributed by atoms with Crippen molar-refractivity contribution in [1.29, 1.82) is 0 Å². The van der Waals surface area contributed by atoms with Gasteiger partial charge in [-0.1, -0.05) is 35.0 Å². The van der Waals surface area contributed by atoms with Crippen molar-refractivity contribution in [3.63, 3.8) is 0 Å². The zero-order valence-corrected chi connectivity index (χ0v) is 9.44. The minimum Gasteiger partial charge on any atom is -0.204 e. The van der Waals surface area contributed by atoms with Crippen molar-refractivity contribution < 1.29 is 8.78 Å². The van der Waals surface area contributed by atoms with Gasteiger partial charge in [0.15, 0.2) is 11.6 Å². The van der Waals surface area contributed by atoms with Crippen molar-refractivity contribution >= 4 is 15.9 Å². The topological polar surface area (TPSA) is 0 Å². The first-order valence-electron chi connectivity index (χ1n) is 4.60. The predicted octanol–water partition coefficient (Wildman–Crippen LogP) is 3.64. The Hall–Kier alpha value is -0.440. The molecule has 0 bridgehead atoms. The van der Waals surface area contributed by atoms with E-state index in [1.165, 1.54) is 0 Å². The average Bonchev–Trinajstić information content (AvgIpc) is 2.83. The van der Waals surface area contributed by atoms with E-state index in [1.807, 2.05) is 6.92 Å². The molecule has 2 unspecified atom stereocenters. The van der Waals surface area contributed by atoms with E-state index in [2.05, 4.69) is 15.9 Å². The van der Waals surface area contributed by atoms with Gasteiger partial charge in [0, 0.05) is 5.33 Å². The Morgan fingerprint density at radius 1 is 1.50 bits per heavy atom. The second-order valence-corrected chi connectivity index (χ2v) is 4.72. The second-order valence-electron chi connectivity index (χ2n) is 4.07. The SMILES string of the molecule is CC1(c2cccc(F)c2F)CC1CBr. The number of hydrogen-bond acceptors (Lipinski definition) is 0. The molecule has 76 valence electrons.